The number of rotatable bonds is 3. The highest BCUT2D eigenvalue weighted by Gasteiger charge is 2.02. The smallest absolute Gasteiger partial charge is 0.0781 e. The van der Waals surface area contributed by atoms with Gasteiger partial charge in [-0.15, -0.1) is 11.8 Å². The summed E-state index contributed by atoms with van der Waals surface area (Å²) >= 11 is 7.15. The molecule has 0 aliphatic rings. The number of benzene rings is 2. The van der Waals surface area contributed by atoms with Crippen LogP contribution in [0.2, 0.25) is 0 Å². The van der Waals surface area contributed by atoms with Gasteiger partial charge in [-0.3, -0.25) is 0 Å². The number of thioether (sulfide) groups is 1. The van der Waals surface area contributed by atoms with Gasteiger partial charge in [0.15, 0.2) is 0 Å². The van der Waals surface area contributed by atoms with Crippen molar-refractivity contribution in [1.29, 1.82) is 0 Å². The van der Waals surface area contributed by atoms with Crippen LogP contribution in [0.1, 0.15) is 16.7 Å². The van der Waals surface area contributed by atoms with Crippen LogP contribution in [-0.2, 0) is 5.75 Å². The summed E-state index contributed by atoms with van der Waals surface area (Å²) in [6.45, 7) is 2.09. The summed E-state index contributed by atoms with van der Waals surface area (Å²) in [6, 6.07) is 18.8. The molecule has 2 rings (SSSR count). The van der Waals surface area contributed by atoms with Gasteiger partial charge >= 0.3 is 0 Å². The summed E-state index contributed by atoms with van der Waals surface area (Å²) in [5.41, 5.74) is 3.73. The maximum atomic E-state index is 5.43. The van der Waals surface area contributed by atoms with E-state index < -0.39 is 0 Å². The van der Waals surface area contributed by atoms with E-state index in [9.17, 15) is 0 Å². The summed E-state index contributed by atoms with van der Waals surface area (Å²) in [6.07, 6.45) is 0. The number of hydrogen-bond acceptors (Lipinski definition) is 2. The zero-order chi connectivity index (χ0) is 12.1. The van der Waals surface area contributed by atoms with E-state index in [2.05, 4.69) is 55.5 Å². The van der Waals surface area contributed by atoms with Crippen LogP contribution in [0.5, 0.6) is 0 Å². The van der Waals surface area contributed by atoms with E-state index in [-0.39, 0.29) is 0 Å². The van der Waals surface area contributed by atoms with Crippen LogP contribution in [0, 0.1) is 6.92 Å². The summed E-state index contributed by atoms with van der Waals surface area (Å²) in [4.78, 5) is 0. The highest BCUT2D eigenvalue weighted by Crippen LogP contribution is 2.19. The first kappa shape index (κ1) is 12.3. The highest BCUT2D eigenvalue weighted by molar-refractivity contribution is 8.23. The maximum Gasteiger partial charge on any atom is 0.0781 e. The lowest BCUT2D eigenvalue weighted by atomic mass is 10.2. The number of aryl methyl sites for hydroxylation is 1. The molecule has 0 saturated carbocycles. The Morgan fingerprint density at radius 2 is 1.65 bits per heavy atom. The van der Waals surface area contributed by atoms with Crippen molar-refractivity contribution in [3.05, 3.63) is 71.3 Å². The predicted octanol–water partition coefficient (Wildman–Crippen LogP) is 4.60. The number of hydrogen-bond donors (Lipinski definition) is 0. The molecule has 0 amide bonds. The van der Waals surface area contributed by atoms with E-state index in [0.717, 1.165) is 15.5 Å². The lowest BCUT2D eigenvalue weighted by Gasteiger charge is -2.04. The lowest BCUT2D eigenvalue weighted by molar-refractivity contribution is 1.42. The molecule has 0 radical (unpaired) electrons. The Balaban J connectivity index is 1.96. The fourth-order valence-electron chi connectivity index (χ4n) is 1.50. The molecule has 2 heteroatoms. The second-order valence-electron chi connectivity index (χ2n) is 3.93. The van der Waals surface area contributed by atoms with Crippen LogP contribution < -0.4 is 0 Å². The SMILES string of the molecule is Cc1ccc(C(=S)SCc2ccccc2)cc1. The number of thiocarbonyl (C=S) groups is 1. The Bertz CT molecular complexity index is 486. The molecule has 0 fully saturated rings. The van der Waals surface area contributed by atoms with Crippen molar-refractivity contribution in [2.45, 2.75) is 12.7 Å². The first-order chi connectivity index (χ1) is 8.25. The second-order valence-corrected chi connectivity index (χ2v) is 5.58. The van der Waals surface area contributed by atoms with Crippen molar-refractivity contribution in [3.8, 4) is 0 Å². The van der Waals surface area contributed by atoms with Crippen molar-refractivity contribution in [2.75, 3.05) is 0 Å². The Morgan fingerprint density at radius 1 is 1.00 bits per heavy atom. The third-order valence-corrected chi connectivity index (χ3v) is 4.06. The summed E-state index contributed by atoms with van der Waals surface area (Å²) in [7, 11) is 0. The van der Waals surface area contributed by atoms with Crippen LogP contribution in [0.25, 0.3) is 0 Å². The first-order valence-electron chi connectivity index (χ1n) is 5.53. The standard InChI is InChI=1S/C15H14S2/c1-12-7-9-14(10-8-12)15(16)17-11-13-5-3-2-4-6-13/h2-10H,11H2,1H3. The van der Waals surface area contributed by atoms with Crippen LogP contribution in [0.4, 0.5) is 0 Å². The molecule has 0 bridgehead atoms. The minimum atomic E-state index is 0.938. The van der Waals surface area contributed by atoms with E-state index in [1.54, 1.807) is 11.8 Å². The van der Waals surface area contributed by atoms with E-state index in [1.165, 1.54) is 11.1 Å². The van der Waals surface area contributed by atoms with Gasteiger partial charge in [-0.05, 0) is 18.1 Å². The Kier molecular flexibility index (Phi) is 4.35. The molecule has 0 aromatic heterocycles. The third kappa shape index (κ3) is 3.69. The van der Waals surface area contributed by atoms with Crippen molar-refractivity contribution < 1.29 is 0 Å². The van der Waals surface area contributed by atoms with Crippen molar-refractivity contribution in [1.82, 2.24) is 0 Å². The predicted molar refractivity (Wildman–Crippen MR) is 80.6 cm³/mol. The first-order valence-corrected chi connectivity index (χ1v) is 6.93. The van der Waals surface area contributed by atoms with Gasteiger partial charge in [-0.25, -0.2) is 0 Å². The van der Waals surface area contributed by atoms with Crippen molar-refractivity contribution in [3.63, 3.8) is 0 Å². The van der Waals surface area contributed by atoms with E-state index in [4.69, 9.17) is 12.2 Å². The molecule has 0 aliphatic carbocycles. The van der Waals surface area contributed by atoms with Gasteiger partial charge in [0.1, 0.15) is 0 Å². The van der Waals surface area contributed by atoms with Crippen LogP contribution in [0.3, 0.4) is 0 Å². The molecular formula is C15H14S2. The molecule has 0 unspecified atom stereocenters. The van der Waals surface area contributed by atoms with Gasteiger partial charge in [0.2, 0.25) is 0 Å². The molecular weight excluding hydrogens is 244 g/mol. The molecule has 0 aliphatic heterocycles. The molecule has 0 N–H and O–H groups in total. The Morgan fingerprint density at radius 3 is 2.29 bits per heavy atom. The topological polar surface area (TPSA) is 0 Å². The fourth-order valence-corrected chi connectivity index (χ4v) is 2.60. The molecule has 86 valence electrons. The van der Waals surface area contributed by atoms with Crippen molar-refractivity contribution in [2.24, 2.45) is 0 Å². The summed E-state index contributed by atoms with van der Waals surface area (Å²) in [5, 5.41) is 0. The Labute approximate surface area is 112 Å². The quantitative estimate of drug-likeness (QED) is 0.738. The van der Waals surface area contributed by atoms with E-state index in [0.29, 0.717) is 0 Å². The molecule has 0 saturated heterocycles. The minimum Gasteiger partial charge on any atom is -0.109 e. The Hall–Kier alpha value is -1.12. The fraction of sp³-hybridized carbons (Fsp3) is 0.133. The average molecular weight is 258 g/mol. The summed E-state index contributed by atoms with van der Waals surface area (Å²) < 4.78 is 0.967. The van der Waals surface area contributed by atoms with Crippen LogP contribution >= 0.6 is 24.0 Å². The molecule has 0 atom stereocenters. The zero-order valence-corrected chi connectivity index (χ0v) is 11.4. The third-order valence-electron chi connectivity index (χ3n) is 2.50. The molecule has 2 aromatic carbocycles. The van der Waals surface area contributed by atoms with Gasteiger partial charge in [0, 0.05) is 5.75 Å². The maximum absolute atomic E-state index is 5.43. The lowest BCUT2D eigenvalue weighted by Crippen LogP contribution is -1.92. The van der Waals surface area contributed by atoms with Crippen LogP contribution in [0.15, 0.2) is 54.6 Å². The average Bonchev–Trinajstić information content (AvgIpc) is 2.38. The minimum absolute atomic E-state index is 0.938. The van der Waals surface area contributed by atoms with Crippen molar-refractivity contribution >= 4 is 28.2 Å². The highest BCUT2D eigenvalue weighted by atomic mass is 32.2. The molecule has 0 nitrogen and oxygen atoms in total. The van der Waals surface area contributed by atoms with Gasteiger partial charge < -0.3 is 0 Å². The monoisotopic (exact) mass is 258 g/mol. The second kappa shape index (κ2) is 5.99. The molecule has 0 spiro atoms. The molecule has 2 aromatic rings. The largest absolute Gasteiger partial charge is 0.109 e. The van der Waals surface area contributed by atoms with Gasteiger partial charge in [-0.1, -0.05) is 72.4 Å². The van der Waals surface area contributed by atoms with Gasteiger partial charge in [0.05, 0.1) is 4.20 Å². The summed E-state index contributed by atoms with van der Waals surface area (Å²) in [5.74, 6) is 0.938. The van der Waals surface area contributed by atoms with Gasteiger partial charge in [0.25, 0.3) is 0 Å². The molecule has 17 heavy (non-hydrogen) atoms. The van der Waals surface area contributed by atoms with Crippen LogP contribution in [-0.4, -0.2) is 4.20 Å². The van der Waals surface area contributed by atoms with E-state index in [1.807, 2.05) is 6.07 Å². The normalized spacial score (nSPS) is 10.2. The zero-order valence-electron chi connectivity index (χ0n) is 9.72. The van der Waals surface area contributed by atoms with E-state index >= 15 is 0 Å². The molecule has 0 heterocycles. The van der Waals surface area contributed by atoms with Gasteiger partial charge in [-0.2, -0.15) is 0 Å².